The zero-order chi connectivity index (χ0) is 33.9. The lowest BCUT2D eigenvalue weighted by Crippen LogP contribution is -2.49. The van der Waals surface area contributed by atoms with E-state index in [0.717, 1.165) is 17.8 Å². The second-order valence-corrected chi connectivity index (χ2v) is 12.4. The van der Waals surface area contributed by atoms with Crippen molar-refractivity contribution in [1.82, 2.24) is 24.6 Å². The minimum atomic E-state index is -4.58. The van der Waals surface area contributed by atoms with E-state index in [1.165, 1.54) is 35.3 Å². The molecule has 1 saturated heterocycles. The molecule has 10 nitrogen and oxygen atoms in total. The average Bonchev–Trinajstić information content (AvgIpc) is 3.51. The minimum Gasteiger partial charge on any atom is -0.444 e. The number of hydrogen-bond acceptors (Lipinski definition) is 7. The molecule has 0 atom stereocenters. The van der Waals surface area contributed by atoms with Crippen LogP contribution in [0.15, 0.2) is 73.2 Å². The first-order valence-electron chi connectivity index (χ1n) is 14.7. The number of nitrogens with one attached hydrogen (secondary N) is 1. The molecule has 0 unspecified atom stereocenters. The van der Waals surface area contributed by atoms with Crippen LogP contribution >= 0.6 is 11.6 Å². The second-order valence-electron chi connectivity index (χ2n) is 12.0. The number of hydrogen-bond donors (Lipinski definition) is 1. The average molecular weight is 669 g/mol. The van der Waals surface area contributed by atoms with Crippen LogP contribution in [0.1, 0.15) is 58.3 Å². The number of pyridine rings is 1. The van der Waals surface area contributed by atoms with Gasteiger partial charge in [0.15, 0.2) is 5.78 Å². The largest absolute Gasteiger partial charge is 0.444 e. The Morgan fingerprint density at radius 3 is 2.34 bits per heavy atom. The van der Waals surface area contributed by atoms with Gasteiger partial charge in [0.1, 0.15) is 11.3 Å². The van der Waals surface area contributed by atoms with Gasteiger partial charge in [-0.15, -0.1) is 0 Å². The lowest BCUT2D eigenvalue weighted by atomic mass is 10.0. The Morgan fingerprint density at radius 1 is 0.936 bits per heavy atom. The molecule has 5 rings (SSSR count). The van der Waals surface area contributed by atoms with E-state index in [0.29, 0.717) is 38.3 Å². The summed E-state index contributed by atoms with van der Waals surface area (Å²) in [5, 5.41) is 7.16. The Bertz CT molecular complexity index is 1780. The third-order valence-corrected chi connectivity index (χ3v) is 7.48. The van der Waals surface area contributed by atoms with E-state index < -0.39 is 29.2 Å². The number of amides is 2. The van der Waals surface area contributed by atoms with E-state index in [1.54, 1.807) is 29.2 Å². The first-order chi connectivity index (χ1) is 22.2. The topological polar surface area (TPSA) is 110 Å². The molecule has 3 heterocycles. The second kappa shape index (κ2) is 13.5. The monoisotopic (exact) mass is 668 g/mol. The van der Waals surface area contributed by atoms with Crippen molar-refractivity contribution >= 4 is 35.1 Å². The molecule has 4 aromatic rings. The van der Waals surface area contributed by atoms with E-state index in [-0.39, 0.29) is 33.6 Å². The molecule has 0 spiro atoms. The van der Waals surface area contributed by atoms with Gasteiger partial charge in [-0.2, -0.15) is 18.3 Å². The molecule has 1 aliphatic heterocycles. The van der Waals surface area contributed by atoms with Gasteiger partial charge in [0, 0.05) is 55.1 Å². The quantitative estimate of drug-likeness (QED) is 0.225. The SMILES string of the molecule is CC(C)(C)OC(=O)N1CCN(Cc2cccc(C(=O)Nc3ccc(Cl)cc3C(=O)c3cnn(-c4ccc(C(F)(F)F)nc4)c3)c2)CC1. The minimum absolute atomic E-state index is 0.106. The molecular weight excluding hydrogens is 637 g/mol. The molecule has 2 amide bonds. The number of carbonyl (C=O) groups excluding carboxylic acids is 3. The first-order valence-corrected chi connectivity index (χ1v) is 15.1. The summed E-state index contributed by atoms with van der Waals surface area (Å²) in [6.07, 6.45) is -1.29. The van der Waals surface area contributed by atoms with Crippen LogP contribution in [0.4, 0.5) is 23.7 Å². The molecule has 0 aliphatic carbocycles. The summed E-state index contributed by atoms with van der Waals surface area (Å²) in [6, 6.07) is 13.6. The van der Waals surface area contributed by atoms with Crippen LogP contribution in [0.3, 0.4) is 0 Å². The van der Waals surface area contributed by atoms with Gasteiger partial charge in [-0.05, 0) is 68.8 Å². The molecule has 1 N–H and O–H groups in total. The maximum Gasteiger partial charge on any atom is 0.433 e. The maximum absolute atomic E-state index is 13.5. The van der Waals surface area contributed by atoms with Crippen LogP contribution in [0.25, 0.3) is 5.69 Å². The lowest BCUT2D eigenvalue weighted by Gasteiger charge is -2.35. The normalized spacial score (nSPS) is 14.1. The van der Waals surface area contributed by atoms with Crippen LogP contribution < -0.4 is 5.32 Å². The molecular formula is C33H32ClF3N6O4. The van der Waals surface area contributed by atoms with Crippen molar-refractivity contribution in [3.8, 4) is 5.69 Å². The van der Waals surface area contributed by atoms with Gasteiger partial charge in [0.2, 0.25) is 0 Å². The predicted molar refractivity (Wildman–Crippen MR) is 169 cm³/mol. The fourth-order valence-corrected chi connectivity index (χ4v) is 5.09. The van der Waals surface area contributed by atoms with Crippen molar-refractivity contribution in [3.05, 3.63) is 106 Å². The van der Waals surface area contributed by atoms with Gasteiger partial charge in [0.25, 0.3) is 5.91 Å². The van der Waals surface area contributed by atoms with Gasteiger partial charge in [-0.3, -0.25) is 14.5 Å². The third kappa shape index (κ3) is 8.54. The van der Waals surface area contributed by atoms with Crippen molar-refractivity contribution in [1.29, 1.82) is 0 Å². The molecule has 0 radical (unpaired) electrons. The van der Waals surface area contributed by atoms with Crippen molar-refractivity contribution < 1.29 is 32.3 Å². The van der Waals surface area contributed by atoms with Crippen LogP contribution in [-0.2, 0) is 17.5 Å². The summed E-state index contributed by atoms with van der Waals surface area (Å²) in [5.41, 5.74) is 0.346. The van der Waals surface area contributed by atoms with Crippen LogP contribution in [-0.4, -0.2) is 74.1 Å². The molecule has 14 heteroatoms. The Balaban J connectivity index is 1.25. The summed E-state index contributed by atoms with van der Waals surface area (Å²) in [5.74, 6) is -0.947. The van der Waals surface area contributed by atoms with Crippen LogP contribution in [0.5, 0.6) is 0 Å². The van der Waals surface area contributed by atoms with Crippen molar-refractivity contribution in [2.24, 2.45) is 0 Å². The van der Waals surface area contributed by atoms with Crippen LogP contribution in [0.2, 0.25) is 5.02 Å². The van der Waals surface area contributed by atoms with E-state index in [9.17, 15) is 27.6 Å². The number of carbonyl (C=O) groups is 3. The van der Waals surface area contributed by atoms with Gasteiger partial charge < -0.3 is 15.0 Å². The van der Waals surface area contributed by atoms with E-state index in [2.05, 4.69) is 20.3 Å². The Kier molecular flexibility index (Phi) is 9.68. The number of rotatable bonds is 7. The van der Waals surface area contributed by atoms with Gasteiger partial charge in [-0.25, -0.2) is 14.5 Å². The van der Waals surface area contributed by atoms with Crippen LogP contribution in [0, 0.1) is 0 Å². The summed E-state index contributed by atoms with van der Waals surface area (Å²) < 4.78 is 45.4. The number of benzene rings is 2. The predicted octanol–water partition coefficient (Wildman–Crippen LogP) is 6.48. The molecule has 47 heavy (non-hydrogen) atoms. The first kappa shape index (κ1) is 33.6. The van der Waals surface area contributed by atoms with E-state index in [4.69, 9.17) is 16.3 Å². The fraction of sp³-hybridized carbons (Fsp3) is 0.303. The molecule has 246 valence electrons. The highest BCUT2D eigenvalue weighted by molar-refractivity contribution is 6.31. The number of piperazine rings is 1. The zero-order valence-electron chi connectivity index (χ0n) is 25.8. The zero-order valence-corrected chi connectivity index (χ0v) is 26.6. The van der Waals surface area contributed by atoms with Gasteiger partial charge in [0.05, 0.1) is 29.3 Å². The highest BCUT2D eigenvalue weighted by Crippen LogP contribution is 2.28. The van der Waals surface area contributed by atoms with Gasteiger partial charge >= 0.3 is 12.3 Å². The third-order valence-electron chi connectivity index (χ3n) is 7.24. The lowest BCUT2D eigenvalue weighted by molar-refractivity contribution is -0.141. The summed E-state index contributed by atoms with van der Waals surface area (Å²) in [6.45, 7) is 8.43. The molecule has 1 aliphatic rings. The molecule has 1 fully saturated rings. The number of nitrogens with zero attached hydrogens (tertiary/aromatic N) is 5. The summed E-state index contributed by atoms with van der Waals surface area (Å²) in [4.78, 5) is 46.5. The van der Waals surface area contributed by atoms with Crippen molar-refractivity contribution in [3.63, 3.8) is 0 Å². The molecule has 0 bridgehead atoms. The fourth-order valence-electron chi connectivity index (χ4n) is 4.92. The Labute approximate surface area is 274 Å². The number of anilines is 1. The number of halogens is 4. The van der Waals surface area contributed by atoms with Crippen molar-refractivity contribution in [2.45, 2.75) is 39.1 Å². The van der Waals surface area contributed by atoms with Crippen molar-refractivity contribution in [2.75, 3.05) is 31.5 Å². The molecule has 0 saturated carbocycles. The summed E-state index contributed by atoms with van der Waals surface area (Å²) in [7, 11) is 0. The maximum atomic E-state index is 13.5. The summed E-state index contributed by atoms with van der Waals surface area (Å²) >= 11 is 6.20. The smallest absolute Gasteiger partial charge is 0.433 e. The van der Waals surface area contributed by atoms with Gasteiger partial charge in [-0.1, -0.05) is 23.7 Å². The number of alkyl halides is 3. The number of ether oxygens (including phenoxy) is 1. The highest BCUT2D eigenvalue weighted by atomic mass is 35.5. The number of ketones is 1. The Hall–Kier alpha value is -4.75. The van der Waals surface area contributed by atoms with E-state index >= 15 is 0 Å². The number of aromatic nitrogens is 3. The van der Waals surface area contributed by atoms with E-state index in [1.807, 2.05) is 26.8 Å². The highest BCUT2D eigenvalue weighted by Gasteiger charge is 2.32. The molecule has 2 aromatic heterocycles. The Morgan fingerprint density at radius 2 is 1.68 bits per heavy atom. The standard InChI is InChI=1S/C33H32ClF3N6O4/c1-32(2,3)47-31(46)42-13-11-41(12-14-42)19-21-5-4-6-22(15-21)30(45)40-27-9-7-24(34)16-26(27)29(44)23-17-39-43(20-23)25-8-10-28(38-18-25)33(35,36)37/h4-10,15-18,20H,11-14,19H2,1-3H3,(H,40,45). The molecule has 2 aromatic carbocycles.